The van der Waals surface area contributed by atoms with Gasteiger partial charge in [0.1, 0.15) is 12.7 Å². The molecule has 0 fully saturated rings. The fourth-order valence-corrected chi connectivity index (χ4v) is 8.11. The number of esters is 3. The zero-order valence-corrected chi connectivity index (χ0v) is 45.4. The lowest BCUT2D eigenvalue weighted by molar-refractivity contribution is -0.161. The molecule has 0 bridgehead atoms. The highest BCUT2D eigenvalue weighted by atomic mass is 31.2. The molecule has 0 saturated carbocycles. The topological polar surface area (TPSA) is 155 Å². The predicted octanol–water partition coefficient (Wildman–Crippen LogP) is 16.1. The van der Waals surface area contributed by atoms with Gasteiger partial charge in [-0.2, -0.15) is 0 Å². The first kappa shape index (κ1) is 66.9. The van der Waals surface area contributed by atoms with Crippen LogP contribution in [0.3, 0.4) is 0 Å². The largest absolute Gasteiger partial charge is 0.472 e. The summed E-state index contributed by atoms with van der Waals surface area (Å²) in [7, 11) is -4.75. The summed E-state index contributed by atoms with van der Waals surface area (Å²) in [5, 5.41) is 9.78. The molecule has 2 N–H and O–H groups in total. The van der Waals surface area contributed by atoms with Crippen molar-refractivity contribution in [2.24, 2.45) is 0 Å². The van der Waals surface area contributed by atoms with Gasteiger partial charge in [0.25, 0.3) is 0 Å². The van der Waals surface area contributed by atoms with Crippen molar-refractivity contribution in [2.45, 2.75) is 251 Å². The first-order valence-corrected chi connectivity index (χ1v) is 29.3. The molecule has 0 amide bonds. The first-order chi connectivity index (χ1) is 34.2. The highest BCUT2D eigenvalue weighted by Gasteiger charge is 2.28. The van der Waals surface area contributed by atoms with E-state index in [-0.39, 0.29) is 25.9 Å². The van der Waals surface area contributed by atoms with E-state index in [1.165, 1.54) is 70.6 Å². The van der Waals surface area contributed by atoms with Gasteiger partial charge in [-0.15, -0.1) is 0 Å². The Hall–Kier alpha value is -3.08. The van der Waals surface area contributed by atoms with Crippen LogP contribution in [0.2, 0.25) is 0 Å². The molecule has 0 saturated heterocycles. The number of hydrogen-bond donors (Lipinski definition) is 2. The molecule has 0 radical (unpaired) electrons. The lowest BCUT2D eigenvalue weighted by Crippen LogP contribution is -2.30. The molecule has 0 aliphatic carbocycles. The Morgan fingerprint density at radius 3 is 1.21 bits per heavy atom. The van der Waals surface area contributed by atoms with Gasteiger partial charge in [-0.25, -0.2) is 4.57 Å². The van der Waals surface area contributed by atoms with Crippen LogP contribution in [0.15, 0.2) is 72.9 Å². The lowest BCUT2D eigenvalue weighted by atomic mass is 10.1. The Kier molecular flexibility index (Phi) is 50.0. The second-order valence-electron chi connectivity index (χ2n) is 18.4. The number of aliphatic hydroxyl groups excluding tert-OH is 1. The van der Waals surface area contributed by atoms with E-state index in [1.54, 1.807) is 0 Å². The molecule has 0 aromatic rings. The second kappa shape index (κ2) is 52.2. The van der Waals surface area contributed by atoms with Crippen molar-refractivity contribution in [1.82, 2.24) is 0 Å². The number of phosphoric ester groups is 1. The number of ether oxygens (including phenoxy) is 3. The summed E-state index contributed by atoms with van der Waals surface area (Å²) < 4.78 is 39.4. The van der Waals surface area contributed by atoms with Crippen molar-refractivity contribution in [1.29, 1.82) is 0 Å². The number of allylic oxidation sites excluding steroid dienone is 12. The smallest absolute Gasteiger partial charge is 0.462 e. The number of phosphoric acid groups is 1. The van der Waals surface area contributed by atoms with Crippen LogP contribution in [0.5, 0.6) is 0 Å². The van der Waals surface area contributed by atoms with Crippen LogP contribution in [0.1, 0.15) is 239 Å². The van der Waals surface area contributed by atoms with Crippen LogP contribution in [0, 0.1) is 0 Å². The maximum absolute atomic E-state index is 12.9. The van der Waals surface area contributed by atoms with Crippen LogP contribution < -0.4 is 0 Å². The third-order valence-electron chi connectivity index (χ3n) is 11.6. The molecule has 0 aliphatic rings. The molecule has 3 atom stereocenters. The molecule has 0 spiro atoms. The number of carbonyl (C=O) groups excluding carboxylic acids is 3. The van der Waals surface area contributed by atoms with Crippen LogP contribution in [-0.2, 0) is 42.2 Å². The molecule has 404 valence electrons. The normalized spacial score (nSPS) is 14.0. The Bertz CT molecular complexity index is 1450. The average molecular weight is 1010 g/mol. The summed E-state index contributed by atoms with van der Waals surface area (Å²) in [6.07, 6.45) is 57.3. The van der Waals surface area contributed by atoms with E-state index in [4.69, 9.17) is 23.3 Å². The van der Waals surface area contributed by atoms with E-state index in [1.807, 2.05) is 0 Å². The maximum atomic E-state index is 12.9. The third kappa shape index (κ3) is 49.9. The Morgan fingerprint density at radius 1 is 0.414 bits per heavy atom. The first-order valence-electron chi connectivity index (χ1n) is 27.8. The van der Waals surface area contributed by atoms with Crippen molar-refractivity contribution in [2.75, 3.05) is 26.4 Å². The van der Waals surface area contributed by atoms with E-state index in [9.17, 15) is 28.9 Å². The lowest BCUT2D eigenvalue weighted by Gasteiger charge is -2.21. The highest BCUT2D eigenvalue weighted by molar-refractivity contribution is 7.47. The number of aliphatic hydroxyl groups is 1. The van der Waals surface area contributed by atoms with Gasteiger partial charge in [-0.3, -0.25) is 23.4 Å². The molecule has 0 aromatic carbocycles. The van der Waals surface area contributed by atoms with Gasteiger partial charge in [-0.05, 0) is 103 Å². The van der Waals surface area contributed by atoms with Crippen LogP contribution in [0.4, 0.5) is 0 Å². The standard InChI is InChI=1S/C58H101O11P/c1-4-7-10-13-16-19-22-24-25-26-27-28-29-31-34-37-40-43-46-49-58(62)69-55(51-65-56(60)47-44-41-38-35-33-30-23-20-17-14-11-8-5-2)53-67-70(63,64)66-52-54(50-59)68-57(61)48-45-42-39-36-32-21-18-15-12-9-6-3/h8,11,15-20,24-25,30,33,54-55,59H,4-7,9-10,12-14,21-23,26-29,31-32,34-53H2,1-3H3,(H,63,64)/b11-8-,18-15-,19-16-,20-17-,25-24-,33-30-. The molecule has 3 unspecified atom stereocenters. The average Bonchev–Trinajstić information content (AvgIpc) is 3.35. The minimum atomic E-state index is -4.75. The Morgan fingerprint density at radius 2 is 0.757 bits per heavy atom. The number of carbonyl (C=O) groups is 3. The Labute approximate surface area is 427 Å². The van der Waals surface area contributed by atoms with Crippen molar-refractivity contribution in [3.05, 3.63) is 72.9 Å². The maximum Gasteiger partial charge on any atom is 0.472 e. The van der Waals surface area contributed by atoms with Crippen molar-refractivity contribution in [3.8, 4) is 0 Å². The Balaban J connectivity index is 4.76. The van der Waals surface area contributed by atoms with Gasteiger partial charge in [-0.1, -0.05) is 190 Å². The molecule has 0 aliphatic heterocycles. The van der Waals surface area contributed by atoms with Crippen LogP contribution in [-0.4, -0.2) is 66.5 Å². The minimum Gasteiger partial charge on any atom is -0.462 e. The van der Waals surface area contributed by atoms with Gasteiger partial charge in [0.15, 0.2) is 6.10 Å². The van der Waals surface area contributed by atoms with Gasteiger partial charge >= 0.3 is 25.7 Å². The molecule has 12 heteroatoms. The van der Waals surface area contributed by atoms with E-state index in [0.717, 1.165) is 109 Å². The van der Waals surface area contributed by atoms with E-state index in [2.05, 4.69) is 93.7 Å². The van der Waals surface area contributed by atoms with Crippen LogP contribution >= 0.6 is 7.82 Å². The molecular weight excluding hydrogens is 904 g/mol. The molecular formula is C58H101O11P. The number of rotatable bonds is 51. The van der Waals surface area contributed by atoms with Gasteiger partial charge in [0, 0.05) is 19.3 Å². The van der Waals surface area contributed by atoms with Crippen LogP contribution in [0.25, 0.3) is 0 Å². The monoisotopic (exact) mass is 1000 g/mol. The SMILES string of the molecule is CC/C=C\C/C=C\C/C=C\CCCCCC(=O)OCC(COP(=O)(O)OCC(CO)OC(=O)CCCCCCC/C=C\CCCC)OC(=O)CCCCCCCCCCC/C=C\C/C=C\CCCCC. The quantitative estimate of drug-likeness (QED) is 0.0197. The van der Waals surface area contributed by atoms with Gasteiger partial charge in [0.2, 0.25) is 0 Å². The highest BCUT2D eigenvalue weighted by Crippen LogP contribution is 2.43. The van der Waals surface area contributed by atoms with E-state index in [0.29, 0.717) is 19.3 Å². The minimum absolute atomic E-state index is 0.154. The van der Waals surface area contributed by atoms with Gasteiger partial charge < -0.3 is 24.2 Å². The fraction of sp³-hybridized carbons (Fsp3) is 0.741. The van der Waals surface area contributed by atoms with Crippen molar-refractivity contribution >= 4 is 25.7 Å². The summed E-state index contributed by atoms with van der Waals surface area (Å²) in [6.45, 7) is 4.41. The van der Waals surface area contributed by atoms with E-state index >= 15 is 0 Å². The zero-order valence-electron chi connectivity index (χ0n) is 44.5. The summed E-state index contributed by atoms with van der Waals surface area (Å²) in [5.74, 6) is -1.51. The third-order valence-corrected chi connectivity index (χ3v) is 12.5. The molecule has 11 nitrogen and oxygen atoms in total. The molecule has 0 aromatic heterocycles. The number of hydrogen-bond acceptors (Lipinski definition) is 10. The summed E-state index contributed by atoms with van der Waals surface area (Å²) in [4.78, 5) is 48.4. The number of unbranched alkanes of at least 4 members (excludes halogenated alkanes) is 22. The zero-order chi connectivity index (χ0) is 51.3. The summed E-state index contributed by atoms with van der Waals surface area (Å²) in [6, 6.07) is 0. The van der Waals surface area contributed by atoms with Gasteiger partial charge in [0.05, 0.1) is 19.8 Å². The summed E-state index contributed by atoms with van der Waals surface area (Å²) >= 11 is 0. The van der Waals surface area contributed by atoms with Crippen molar-refractivity contribution in [3.63, 3.8) is 0 Å². The predicted molar refractivity (Wildman–Crippen MR) is 288 cm³/mol. The van der Waals surface area contributed by atoms with E-state index < -0.39 is 57.8 Å². The molecule has 70 heavy (non-hydrogen) atoms. The summed E-state index contributed by atoms with van der Waals surface area (Å²) in [5.41, 5.74) is 0. The molecule has 0 rings (SSSR count). The fourth-order valence-electron chi connectivity index (χ4n) is 7.32. The molecule has 0 heterocycles. The van der Waals surface area contributed by atoms with Crippen molar-refractivity contribution < 1.29 is 52.2 Å². The second-order valence-corrected chi connectivity index (χ2v) is 19.8.